The van der Waals surface area contributed by atoms with Crippen LogP contribution in [0.1, 0.15) is 5.56 Å². The van der Waals surface area contributed by atoms with Crippen molar-refractivity contribution in [2.75, 3.05) is 17.5 Å². The molecule has 2 rings (SSSR count). The van der Waals surface area contributed by atoms with Gasteiger partial charge in [0, 0.05) is 21.4 Å². The Bertz CT molecular complexity index is 399. The molecular formula is C13H15I2NO2. The zero-order valence-electron chi connectivity index (χ0n) is 9.89. The second-order valence-corrected chi connectivity index (χ2v) is 6.86. The summed E-state index contributed by atoms with van der Waals surface area (Å²) in [6.07, 6.45) is -0.187. The maximum atomic E-state index is 11.9. The highest BCUT2D eigenvalue weighted by Gasteiger charge is 2.33. The number of rotatable bonds is 3. The predicted molar refractivity (Wildman–Crippen MR) is 88.4 cm³/mol. The van der Waals surface area contributed by atoms with E-state index in [1.165, 1.54) is 0 Å². The van der Waals surface area contributed by atoms with Crippen LogP contribution in [-0.4, -0.2) is 32.4 Å². The highest BCUT2D eigenvalue weighted by Crippen LogP contribution is 2.26. The summed E-state index contributed by atoms with van der Waals surface area (Å²) < 4.78 is 6.97. The zero-order chi connectivity index (χ0) is 13.0. The molecule has 2 atom stereocenters. The van der Waals surface area contributed by atoms with E-state index in [0.29, 0.717) is 16.4 Å². The van der Waals surface area contributed by atoms with Gasteiger partial charge < -0.3 is 9.64 Å². The van der Waals surface area contributed by atoms with Crippen LogP contribution in [0, 0.1) is 5.92 Å². The fourth-order valence-electron chi connectivity index (χ4n) is 1.94. The Morgan fingerprint density at radius 2 is 2.06 bits per heavy atom. The largest absolute Gasteiger partial charge is 0.445 e. The topological polar surface area (TPSA) is 29.5 Å². The molecule has 5 heteroatoms. The van der Waals surface area contributed by atoms with Gasteiger partial charge in [-0.2, -0.15) is 0 Å². The van der Waals surface area contributed by atoms with Crippen LogP contribution < -0.4 is 0 Å². The minimum Gasteiger partial charge on any atom is -0.445 e. The molecule has 1 aromatic rings. The molecule has 1 aliphatic heterocycles. The average molecular weight is 471 g/mol. The summed E-state index contributed by atoms with van der Waals surface area (Å²) in [5.41, 5.74) is 1.03. The smallest absolute Gasteiger partial charge is 0.410 e. The lowest BCUT2D eigenvalue weighted by Crippen LogP contribution is -2.29. The van der Waals surface area contributed by atoms with Gasteiger partial charge in [-0.25, -0.2) is 4.79 Å². The normalized spacial score (nSPS) is 23.1. The maximum absolute atomic E-state index is 11.9. The van der Waals surface area contributed by atoms with Gasteiger partial charge in [0.05, 0.1) is 0 Å². The molecule has 1 heterocycles. The molecule has 2 unspecified atom stereocenters. The van der Waals surface area contributed by atoms with E-state index in [2.05, 4.69) is 45.2 Å². The first kappa shape index (κ1) is 14.4. The van der Waals surface area contributed by atoms with E-state index in [1.807, 2.05) is 35.2 Å². The van der Waals surface area contributed by atoms with Gasteiger partial charge in [-0.05, 0) is 11.5 Å². The van der Waals surface area contributed by atoms with Crippen molar-refractivity contribution in [1.82, 2.24) is 4.90 Å². The number of carbonyl (C=O) groups excluding carboxylic acids is 1. The molecule has 1 aliphatic rings. The lowest BCUT2D eigenvalue weighted by Gasteiger charge is -2.15. The van der Waals surface area contributed by atoms with E-state index in [1.54, 1.807) is 0 Å². The van der Waals surface area contributed by atoms with Crippen LogP contribution in [0.2, 0.25) is 0 Å². The van der Waals surface area contributed by atoms with E-state index in [-0.39, 0.29) is 6.09 Å². The Balaban J connectivity index is 1.82. The number of carbonyl (C=O) groups is 1. The first-order valence-corrected chi connectivity index (χ1v) is 8.63. The fraction of sp³-hybridized carbons (Fsp3) is 0.462. The van der Waals surface area contributed by atoms with E-state index in [4.69, 9.17) is 4.74 Å². The summed E-state index contributed by atoms with van der Waals surface area (Å²) in [6, 6.07) is 9.79. The van der Waals surface area contributed by atoms with E-state index < -0.39 is 0 Å². The van der Waals surface area contributed by atoms with Crippen LogP contribution in [0.4, 0.5) is 4.79 Å². The van der Waals surface area contributed by atoms with Crippen molar-refractivity contribution in [2.24, 2.45) is 5.92 Å². The third-order valence-corrected chi connectivity index (χ3v) is 5.57. The summed E-state index contributed by atoms with van der Waals surface area (Å²) in [4.78, 5) is 13.7. The summed E-state index contributed by atoms with van der Waals surface area (Å²) in [5.74, 6) is 0.593. The molecule has 0 spiro atoms. The number of amides is 1. The third-order valence-electron chi connectivity index (χ3n) is 3.02. The van der Waals surface area contributed by atoms with Crippen LogP contribution in [0.5, 0.6) is 0 Å². The zero-order valence-corrected chi connectivity index (χ0v) is 14.2. The van der Waals surface area contributed by atoms with Crippen molar-refractivity contribution in [3.63, 3.8) is 0 Å². The number of ether oxygens (including phenoxy) is 1. The molecule has 18 heavy (non-hydrogen) atoms. The third kappa shape index (κ3) is 3.72. The highest BCUT2D eigenvalue weighted by molar-refractivity contribution is 14.1. The Kier molecular flexibility index (Phi) is 5.53. The molecule has 0 aliphatic carbocycles. The summed E-state index contributed by atoms with van der Waals surface area (Å²) in [7, 11) is 0. The van der Waals surface area contributed by atoms with Gasteiger partial charge >= 0.3 is 6.09 Å². The van der Waals surface area contributed by atoms with Crippen LogP contribution in [0.25, 0.3) is 0 Å². The van der Waals surface area contributed by atoms with Crippen molar-refractivity contribution in [1.29, 1.82) is 0 Å². The molecular weight excluding hydrogens is 456 g/mol. The van der Waals surface area contributed by atoms with Crippen LogP contribution >= 0.6 is 45.2 Å². The Hall–Kier alpha value is -0.0500. The lowest BCUT2D eigenvalue weighted by atomic mass is 10.2. The number of halogens is 2. The van der Waals surface area contributed by atoms with Crippen molar-refractivity contribution < 1.29 is 9.53 Å². The number of benzene rings is 1. The first-order valence-electron chi connectivity index (χ1n) is 5.86. The van der Waals surface area contributed by atoms with Gasteiger partial charge in [0.15, 0.2) is 0 Å². The van der Waals surface area contributed by atoms with Gasteiger partial charge in [0.1, 0.15) is 6.61 Å². The number of hydrogen-bond donors (Lipinski definition) is 0. The molecule has 3 nitrogen and oxygen atoms in total. The molecule has 0 saturated carbocycles. The number of hydrogen-bond acceptors (Lipinski definition) is 2. The van der Waals surface area contributed by atoms with Gasteiger partial charge in [-0.3, -0.25) is 0 Å². The standard InChI is InChI=1S/C13H15I2NO2/c14-6-11-7-16(8-12(11)15)13(17)18-9-10-4-2-1-3-5-10/h1-5,11-12H,6-9H2. The average Bonchev–Trinajstić information content (AvgIpc) is 2.78. The van der Waals surface area contributed by atoms with Crippen molar-refractivity contribution in [2.45, 2.75) is 10.5 Å². The molecule has 0 radical (unpaired) electrons. The Labute approximate surface area is 135 Å². The predicted octanol–water partition coefficient (Wildman–Crippen LogP) is 3.49. The number of likely N-dealkylation sites (tertiary alicyclic amines) is 1. The van der Waals surface area contributed by atoms with Gasteiger partial charge in [0.2, 0.25) is 0 Å². The van der Waals surface area contributed by atoms with Crippen LogP contribution in [0.15, 0.2) is 30.3 Å². The molecule has 0 N–H and O–H groups in total. The van der Waals surface area contributed by atoms with Gasteiger partial charge in [-0.15, -0.1) is 0 Å². The Morgan fingerprint density at radius 1 is 1.33 bits per heavy atom. The quantitative estimate of drug-likeness (QED) is 0.500. The molecule has 98 valence electrons. The van der Waals surface area contributed by atoms with Crippen molar-refractivity contribution in [3.05, 3.63) is 35.9 Å². The second-order valence-electron chi connectivity index (χ2n) is 4.38. The van der Waals surface area contributed by atoms with Crippen LogP contribution in [0.3, 0.4) is 0 Å². The lowest BCUT2D eigenvalue weighted by molar-refractivity contribution is 0.103. The summed E-state index contributed by atoms with van der Waals surface area (Å²) in [6.45, 7) is 1.99. The van der Waals surface area contributed by atoms with E-state index in [9.17, 15) is 4.79 Å². The minimum atomic E-state index is -0.187. The van der Waals surface area contributed by atoms with E-state index in [0.717, 1.165) is 23.1 Å². The number of alkyl halides is 2. The van der Waals surface area contributed by atoms with Crippen molar-refractivity contribution in [3.8, 4) is 0 Å². The molecule has 0 aromatic heterocycles. The van der Waals surface area contributed by atoms with Crippen molar-refractivity contribution >= 4 is 51.3 Å². The number of nitrogens with zero attached hydrogens (tertiary/aromatic N) is 1. The second kappa shape index (κ2) is 6.93. The maximum Gasteiger partial charge on any atom is 0.410 e. The molecule has 1 amide bonds. The van der Waals surface area contributed by atoms with E-state index >= 15 is 0 Å². The first-order chi connectivity index (χ1) is 8.70. The molecule has 1 fully saturated rings. The fourth-order valence-corrected chi connectivity index (χ4v) is 4.76. The van der Waals surface area contributed by atoms with Gasteiger partial charge in [-0.1, -0.05) is 75.5 Å². The van der Waals surface area contributed by atoms with Gasteiger partial charge in [0.25, 0.3) is 0 Å². The summed E-state index contributed by atoms with van der Waals surface area (Å²) >= 11 is 4.81. The SMILES string of the molecule is O=C(OCc1ccccc1)N1CC(I)C(CI)C1. The molecule has 0 bridgehead atoms. The Morgan fingerprint density at radius 3 is 2.67 bits per heavy atom. The molecule has 1 saturated heterocycles. The van der Waals surface area contributed by atoms with Crippen LogP contribution in [-0.2, 0) is 11.3 Å². The minimum absolute atomic E-state index is 0.187. The monoisotopic (exact) mass is 471 g/mol. The highest BCUT2D eigenvalue weighted by atomic mass is 127. The summed E-state index contributed by atoms with van der Waals surface area (Å²) in [5, 5.41) is 0. The molecule has 1 aromatic carbocycles.